The van der Waals surface area contributed by atoms with E-state index < -0.39 is 18.8 Å². The van der Waals surface area contributed by atoms with Crippen LogP contribution in [0, 0.1) is 5.41 Å². The SMILES string of the molecule is CC(C)(C)C(N=C(N)c1cc(OCC(F)(F)F)c(C2CC2)cn1)c1nn[nH]n1. The summed E-state index contributed by atoms with van der Waals surface area (Å²) in [6, 6.07) is 0.893. The number of nitrogens with one attached hydrogen (secondary N) is 1. The van der Waals surface area contributed by atoms with Crippen molar-refractivity contribution in [1.29, 1.82) is 0 Å². The molecule has 1 fully saturated rings. The molecule has 0 saturated heterocycles. The van der Waals surface area contributed by atoms with Crippen molar-refractivity contribution in [3.05, 3.63) is 29.3 Å². The molecule has 1 unspecified atom stereocenters. The zero-order valence-electron chi connectivity index (χ0n) is 15.8. The summed E-state index contributed by atoms with van der Waals surface area (Å²) < 4.78 is 42.8. The summed E-state index contributed by atoms with van der Waals surface area (Å²) in [7, 11) is 0. The predicted octanol–water partition coefficient (Wildman–Crippen LogP) is 2.91. The molecule has 3 N–H and O–H groups in total. The fourth-order valence-electron chi connectivity index (χ4n) is 2.70. The number of hydrogen-bond donors (Lipinski definition) is 2. The molecule has 11 heteroatoms. The first-order valence-corrected chi connectivity index (χ1v) is 8.81. The Labute approximate surface area is 159 Å². The molecule has 0 bridgehead atoms. The van der Waals surface area contributed by atoms with Gasteiger partial charge in [-0.2, -0.15) is 18.4 Å². The Morgan fingerprint density at radius 1 is 1.36 bits per heavy atom. The predicted molar refractivity (Wildman–Crippen MR) is 94.9 cm³/mol. The van der Waals surface area contributed by atoms with E-state index in [0.29, 0.717) is 11.4 Å². The van der Waals surface area contributed by atoms with Gasteiger partial charge in [0.2, 0.25) is 0 Å². The second kappa shape index (κ2) is 7.36. The van der Waals surface area contributed by atoms with E-state index in [1.54, 1.807) is 0 Å². The number of amidine groups is 1. The first-order chi connectivity index (χ1) is 13.0. The van der Waals surface area contributed by atoms with E-state index in [9.17, 15) is 13.2 Å². The third kappa shape index (κ3) is 4.96. The Bertz CT molecular complexity index is 839. The van der Waals surface area contributed by atoms with Crippen LogP contribution >= 0.6 is 0 Å². The number of ether oxygens (including phenoxy) is 1. The van der Waals surface area contributed by atoms with Gasteiger partial charge < -0.3 is 10.5 Å². The largest absolute Gasteiger partial charge is 0.484 e. The molecule has 2 aromatic heterocycles. The quantitative estimate of drug-likeness (QED) is 0.572. The highest BCUT2D eigenvalue weighted by Crippen LogP contribution is 2.44. The Morgan fingerprint density at radius 3 is 2.61 bits per heavy atom. The number of alkyl halides is 3. The number of aliphatic imine (C=N–C) groups is 1. The third-order valence-corrected chi connectivity index (χ3v) is 4.26. The van der Waals surface area contributed by atoms with Crippen LogP contribution < -0.4 is 10.5 Å². The van der Waals surface area contributed by atoms with E-state index in [0.717, 1.165) is 12.8 Å². The van der Waals surface area contributed by atoms with Crippen LogP contribution in [-0.2, 0) is 0 Å². The highest BCUT2D eigenvalue weighted by atomic mass is 19.4. The highest BCUT2D eigenvalue weighted by Gasteiger charge is 2.33. The number of aromatic amines is 1. The molecule has 8 nitrogen and oxygen atoms in total. The van der Waals surface area contributed by atoms with Gasteiger partial charge in [-0.1, -0.05) is 26.0 Å². The summed E-state index contributed by atoms with van der Waals surface area (Å²) in [5.41, 5.74) is 6.63. The van der Waals surface area contributed by atoms with Crippen molar-refractivity contribution in [3.8, 4) is 5.75 Å². The molecular weight excluding hydrogens is 375 g/mol. The van der Waals surface area contributed by atoms with Crippen LogP contribution in [0.5, 0.6) is 5.75 Å². The van der Waals surface area contributed by atoms with Crippen molar-refractivity contribution in [3.63, 3.8) is 0 Å². The molecule has 2 aromatic rings. The molecule has 1 aliphatic rings. The molecule has 0 aliphatic heterocycles. The van der Waals surface area contributed by atoms with Crippen molar-refractivity contribution in [2.24, 2.45) is 16.1 Å². The average Bonchev–Trinajstić information content (AvgIpc) is 3.30. The second-order valence-corrected chi connectivity index (χ2v) is 7.84. The first-order valence-electron chi connectivity index (χ1n) is 8.81. The lowest BCUT2D eigenvalue weighted by Gasteiger charge is -2.25. The number of halogens is 3. The summed E-state index contributed by atoms with van der Waals surface area (Å²) in [6.07, 6.45) is -1.12. The standard InChI is InChI=1S/C17H22F3N7O/c1-16(2,3)13(15-24-26-27-25-15)23-14(21)11-6-12(28-8-17(18,19)20)10(7-22-11)9-4-5-9/h6-7,9,13H,4-5,8H2,1-3H3,(H2,21,23)(H,24,25,26,27). The Kier molecular flexibility index (Phi) is 5.26. The zero-order chi connectivity index (χ0) is 20.5. The summed E-state index contributed by atoms with van der Waals surface area (Å²) in [5.74, 6) is 0.724. The molecule has 28 heavy (non-hydrogen) atoms. The van der Waals surface area contributed by atoms with Gasteiger partial charge in [0.15, 0.2) is 12.4 Å². The van der Waals surface area contributed by atoms with Gasteiger partial charge in [0.25, 0.3) is 0 Å². The van der Waals surface area contributed by atoms with Crippen LogP contribution in [0.1, 0.15) is 62.7 Å². The molecular formula is C17H22F3N7O. The molecule has 3 rings (SSSR count). The Balaban J connectivity index is 1.92. The number of hydrogen-bond acceptors (Lipinski definition) is 6. The lowest BCUT2D eigenvalue weighted by atomic mass is 9.86. The van der Waals surface area contributed by atoms with Gasteiger partial charge in [0.1, 0.15) is 23.3 Å². The van der Waals surface area contributed by atoms with Crippen molar-refractivity contribution >= 4 is 5.84 Å². The second-order valence-electron chi connectivity index (χ2n) is 7.84. The molecule has 1 saturated carbocycles. The number of nitrogens with zero attached hydrogens (tertiary/aromatic N) is 5. The lowest BCUT2D eigenvalue weighted by molar-refractivity contribution is -0.153. The molecule has 152 valence electrons. The molecule has 0 amide bonds. The van der Waals surface area contributed by atoms with Crippen LogP contribution in [-0.4, -0.2) is 44.2 Å². The van der Waals surface area contributed by atoms with E-state index >= 15 is 0 Å². The van der Waals surface area contributed by atoms with E-state index in [-0.39, 0.29) is 28.6 Å². The Hall–Kier alpha value is -2.72. The molecule has 0 radical (unpaired) electrons. The molecule has 0 aromatic carbocycles. The van der Waals surface area contributed by atoms with E-state index in [4.69, 9.17) is 10.5 Å². The van der Waals surface area contributed by atoms with E-state index in [1.165, 1.54) is 12.3 Å². The van der Waals surface area contributed by atoms with Gasteiger partial charge in [0.05, 0.1) is 0 Å². The number of tetrazole rings is 1. The van der Waals surface area contributed by atoms with Gasteiger partial charge in [-0.25, -0.2) is 0 Å². The fraction of sp³-hybridized carbons (Fsp3) is 0.588. The normalized spacial score (nSPS) is 16.9. The lowest BCUT2D eigenvalue weighted by Crippen LogP contribution is -2.24. The van der Waals surface area contributed by atoms with Gasteiger partial charge in [-0.15, -0.1) is 10.2 Å². The maximum atomic E-state index is 12.6. The smallest absolute Gasteiger partial charge is 0.422 e. The van der Waals surface area contributed by atoms with Crippen molar-refractivity contribution in [1.82, 2.24) is 25.6 Å². The van der Waals surface area contributed by atoms with Gasteiger partial charge >= 0.3 is 6.18 Å². The van der Waals surface area contributed by atoms with Crippen LogP contribution in [0.15, 0.2) is 17.3 Å². The number of rotatable bonds is 6. The van der Waals surface area contributed by atoms with Crippen molar-refractivity contribution in [2.75, 3.05) is 6.61 Å². The summed E-state index contributed by atoms with van der Waals surface area (Å²) in [6.45, 7) is 4.44. The zero-order valence-corrected chi connectivity index (χ0v) is 15.8. The average molecular weight is 397 g/mol. The third-order valence-electron chi connectivity index (χ3n) is 4.26. The Morgan fingerprint density at radius 2 is 2.07 bits per heavy atom. The number of pyridine rings is 1. The minimum atomic E-state index is -4.43. The molecule has 2 heterocycles. The van der Waals surface area contributed by atoms with Crippen LogP contribution in [0.3, 0.4) is 0 Å². The monoisotopic (exact) mass is 397 g/mol. The maximum Gasteiger partial charge on any atom is 0.422 e. The topological polar surface area (TPSA) is 115 Å². The van der Waals surface area contributed by atoms with Crippen molar-refractivity contribution < 1.29 is 17.9 Å². The van der Waals surface area contributed by atoms with Crippen LogP contribution in [0.4, 0.5) is 13.2 Å². The van der Waals surface area contributed by atoms with Crippen LogP contribution in [0.25, 0.3) is 0 Å². The van der Waals surface area contributed by atoms with Crippen LogP contribution in [0.2, 0.25) is 0 Å². The van der Waals surface area contributed by atoms with Gasteiger partial charge in [-0.3, -0.25) is 9.98 Å². The van der Waals surface area contributed by atoms with Gasteiger partial charge in [-0.05, 0) is 24.2 Å². The molecule has 1 aliphatic carbocycles. The number of aromatic nitrogens is 5. The first kappa shape index (κ1) is 20.0. The summed E-state index contributed by atoms with van der Waals surface area (Å²) in [4.78, 5) is 8.75. The van der Waals surface area contributed by atoms with E-state index in [2.05, 4.69) is 30.6 Å². The fourth-order valence-corrected chi connectivity index (χ4v) is 2.70. The van der Waals surface area contributed by atoms with Crippen molar-refractivity contribution in [2.45, 2.75) is 51.7 Å². The van der Waals surface area contributed by atoms with E-state index in [1.807, 2.05) is 20.8 Å². The highest BCUT2D eigenvalue weighted by molar-refractivity contribution is 5.96. The molecule has 1 atom stereocenters. The number of H-pyrrole nitrogens is 1. The summed E-state index contributed by atoms with van der Waals surface area (Å²) in [5, 5.41) is 13.9. The minimum Gasteiger partial charge on any atom is -0.484 e. The maximum absolute atomic E-state index is 12.6. The van der Waals surface area contributed by atoms with Gasteiger partial charge in [0, 0.05) is 17.8 Å². The molecule has 0 spiro atoms. The summed E-state index contributed by atoms with van der Waals surface area (Å²) >= 11 is 0. The number of nitrogens with two attached hydrogens (primary N) is 1. The minimum absolute atomic E-state index is 0.0592.